The van der Waals surface area contributed by atoms with Gasteiger partial charge >= 0.3 is 5.97 Å². The van der Waals surface area contributed by atoms with Crippen molar-refractivity contribution in [1.29, 1.82) is 0 Å². The SMILES string of the molecule is Cc1cc(C(C)(C)C)cc(C)c1CSCC(=O)O. The van der Waals surface area contributed by atoms with E-state index in [0.29, 0.717) is 0 Å². The van der Waals surface area contributed by atoms with Gasteiger partial charge in [-0.05, 0) is 41.5 Å². The van der Waals surface area contributed by atoms with E-state index in [1.54, 1.807) is 0 Å². The molecule has 1 rings (SSSR count). The molecule has 0 saturated heterocycles. The van der Waals surface area contributed by atoms with Crippen LogP contribution >= 0.6 is 11.8 Å². The van der Waals surface area contributed by atoms with E-state index >= 15 is 0 Å². The zero-order chi connectivity index (χ0) is 13.9. The topological polar surface area (TPSA) is 37.3 Å². The van der Waals surface area contributed by atoms with Crippen LogP contribution in [0.3, 0.4) is 0 Å². The maximum absolute atomic E-state index is 10.5. The molecule has 2 nitrogen and oxygen atoms in total. The van der Waals surface area contributed by atoms with Gasteiger partial charge in [0.05, 0.1) is 5.75 Å². The van der Waals surface area contributed by atoms with Gasteiger partial charge in [-0.25, -0.2) is 0 Å². The number of thioether (sulfide) groups is 1. The van der Waals surface area contributed by atoms with Gasteiger partial charge in [0.2, 0.25) is 0 Å². The molecule has 0 aliphatic heterocycles. The minimum Gasteiger partial charge on any atom is -0.481 e. The van der Waals surface area contributed by atoms with Gasteiger partial charge in [0.25, 0.3) is 0 Å². The van der Waals surface area contributed by atoms with Crippen molar-refractivity contribution >= 4 is 17.7 Å². The molecule has 0 amide bonds. The Labute approximate surface area is 114 Å². The number of hydrogen-bond donors (Lipinski definition) is 1. The van der Waals surface area contributed by atoms with Crippen LogP contribution in [-0.2, 0) is 16.0 Å². The molecule has 0 aromatic heterocycles. The van der Waals surface area contributed by atoms with Crippen molar-refractivity contribution in [2.75, 3.05) is 5.75 Å². The van der Waals surface area contributed by atoms with E-state index in [9.17, 15) is 4.79 Å². The third-order valence-electron chi connectivity index (χ3n) is 3.03. The Bertz CT molecular complexity index is 421. The van der Waals surface area contributed by atoms with Crippen LogP contribution in [0.15, 0.2) is 12.1 Å². The molecular formula is C15H22O2S. The number of rotatable bonds is 4. The van der Waals surface area contributed by atoms with Crippen LogP contribution in [0.1, 0.15) is 43.0 Å². The normalized spacial score (nSPS) is 11.6. The van der Waals surface area contributed by atoms with Crippen LogP contribution in [0.2, 0.25) is 0 Å². The van der Waals surface area contributed by atoms with Crippen molar-refractivity contribution in [3.8, 4) is 0 Å². The van der Waals surface area contributed by atoms with Gasteiger partial charge in [-0.3, -0.25) is 4.79 Å². The highest BCUT2D eigenvalue weighted by molar-refractivity contribution is 7.99. The van der Waals surface area contributed by atoms with Gasteiger partial charge in [0.1, 0.15) is 0 Å². The number of carboxylic acids is 1. The summed E-state index contributed by atoms with van der Waals surface area (Å²) in [5, 5.41) is 8.66. The van der Waals surface area contributed by atoms with E-state index in [0.717, 1.165) is 5.75 Å². The quantitative estimate of drug-likeness (QED) is 0.897. The number of aliphatic carboxylic acids is 1. The van der Waals surface area contributed by atoms with E-state index in [4.69, 9.17) is 5.11 Å². The summed E-state index contributed by atoms with van der Waals surface area (Å²) in [6.07, 6.45) is 0. The molecule has 0 aliphatic rings. The summed E-state index contributed by atoms with van der Waals surface area (Å²) in [7, 11) is 0. The maximum Gasteiger partial charge on any atom is 0.313 e. The first-order valence-electron chi connectivity index (χ1n) is 6.12. The van der Waals surface area contributed by atoms with Crippen LogP contribution in [0.5, 0.6) is 0 Å². The van der Waals surface area contributed by atoms with Gasteiger partial charge in [-0.2, -0.15) is 0 Å². The minimum atomic E-state index is -0.749. The molecule has 1 aromatic rings. The van der Waals surface area contributed by atoms with E-state index < -0.39 is 5.97 Å². The fraction of sp³-hybridized carbons (Fsp3) is 0.533. The average molecular weight is 266 g/mol. The van der Waals surface area contributed by atoms with Gasteiger partial charge in [0, 0.05) is 5.75 Å². The molecule has 0 bridgehead atoms. The fourth-order valence-corrected chi connectivity index (χ4v) is 2.83. The first-order valence-corrected chi connectivity index (χ1v) is 7.27. The monoisotopic (exact) mass is 266 g/mol. The van der Waals surface area contributed by atoms with Crippen molar-refractivity contribution in [3.05, 3.63) is 34.4 Å². The largest absolute Gasteiger partial charge is 0.481 e. The third-order valence-corrected chi connectivity index (χ3v) is 3.98. The lowest BCUT2D eigenvalue weighted by Crippen LogP contribution is -2.12. The highest BCUT2D eigenvalue weighted by atomic mass is 32.2. The van der Waals surface area contributed by atoms with Crippen molar-refractivity contribution in [1.82, 2.24) is 0 Å². The Morgan fingerprint density at radius 1 is 1.22 bits per heavy atom. The van der Waals surface area contributed by atoms with Gasteiger partial charge < -0.3 is 5.11 Å². The lowest BCUT2D eigenvalue weighted by atomic mass is 9.84. The molecule has 1 aromatic carbocycles. The van der Waals surface area contributed by atoms with Crippen molar-refractivity contribution in [2.24, 2.45) is 0 Å². The molecule has 0 radical (unpaired) electrons. The molecule has 0 heterocycles. The van der Waals surface area contributed by atoms with Gasteiger partial charge in [-0.15, -0.1) is 11.8 Å². The molecule has 0 saturated carbocycles. The molecule has 0 aliphatic carbocycles. The summed E-state index contributed by atoms with van der Waals surface area (Å²) in [5.41, 5.74) is 5.29. The molecule has 100 valence electrons. The zero-order valence-electron chi connectivity index (χ0n) is 11.8. The molecule has 0 fully saturated rings. The predicted molar refractivity (Wildman–Crippen MR) is 78.4 cm³/mol. The molecule has 1 N–H and O–H groups in total. The molecule has 18 heavy (non-hydrogen) atoms. The fourth-order valence-electron chi connectivity index (χ4n) is 1.89. The Morgan fingerprint density at radius 3 is 2.11 bits per heavy atom. The second-order valence-corrected chi connectivity index (χ2v) is 6.71. The highest BCUT2D eigenvalue weighted by Gasteiger charge is 2.16. The molecular weight excluding hydrogens is 244 g/mol. The highest BCUT2D eigenvalue weighted by Crippen LogP contribution is 2.28. The van der Waals surface area contributed by atoms with Crippen LogP contribution in [0.4, 0.5) is 0 Å². The first kappa shape index (κ1) is 15.1. The summed E-state index contributed by atoms with van der Waals surface area (Å²) >= 11 is 1.46. The van der Waals surface area contributed by atoms with Crippen molar-refractivity contribution < 1.29 is 9.90 Å². The lowest BCUT2D eigenvalue weighted by Gasteiger charge is -2.22. The van der Waals surface area contributed by atoms with Crippen LogP contribution < -0.4 is 0 Å². The average Bonchev–Trinajstić information content (AvgIpc) is 2.20. The summed E-state index contributed by atoms with van der Waals surface area (Å²) in [4.78, 5) is 10.5. The summed E-state index contributed by atoms with van der Waals surface area (Å²) in [5.74, 6) is 0.190. The summed E-state index contributed by atoms with van der Waals surface area (Å²) < 4.78 is 0. The molecule has 0 unspecified atom stereocenters. The van der Waals surface area contributed by atoms with E-state index in [-0.39, 0.29) is 11.2 Å². The maximum atomic E-state index is 10.5. The second kappa shape index (κ2) is 5.79. The van der Waals surface area contributed by atoms with Gasteiger partial charge in [0.15, 0.2) is 0 Å². The number of carbonyl (C=O) groups is 1. The Kier molecular flexibility index (Phi) is 4.85. The second-order valence-electron chi connectivity index (χ2n) is 5.73. The smallest absolute Gasteiger partial charge is 0.313 e. The van der Waals surface area contributed by atoms with Crippen LogP contribution in [0, 0.1) is 13.8 Å². The molecule has 0 atom stereocenters. The third kappa shape index (κ3) is 4.05. The van der Waals surface area contributed by atoms with E-state index in [1.807, 2.05) is 0 Å². The molecule has 0 spiro atoms. The lowest BCUT2D eigenvalue weighted by molar-refractivity contribution is -0.133. The first-order chi connectivity index (χ1) is 8.21. The Balaban J connectivity index is 2.91. The van der Waals surface area contributed by atoms with Crippen LogP contribution in [0.25, 0.3) is 0 Å². The zero-order valence-corrected chi connectivity index (χ0v) is 12.6. The summed E-state index contributed by atoms with van der Waals surface area (Å²) in [6, 6.07) is 4.45. The van der Waals surface area contributed by atoms with Crippen LogP contribution in [-0.4, -0.2) is 16.8 Å². The minimum absolute atomic E-state index is 0.155. The Morgan fingerprint density at radius 2 is 1.72 bits per heavy atom. The number of carboxylic acid groups (broad SMARTS) is 1. The van der Waals surface area contributed by atoms with E-state index in [2.05, 4.69) is 46.8 Å². The number of aryl methyl sites for hydroxylation is 2. The van der Waals surface area contributed by atoms with Crippen molar-refractivity contribution in [2.45, 2.75) is 45.8 Å². The number of hydrogen-bond acceptors (Lipinski definition) is 2. The van der Waals surface area contributed by atoms with Gasteiger partial charge in [-0.1, -0.05) is 32.9 Å². The summed E-state index contributed by atoms with van der Waals surface area (Å²) in [6.45, 7) is 10.8. The predicted octanol–water partition coefficient (Wildman–Crippen LogP) is 3.92. The van der Waals surface area contributed by atoms with E-state index in [1.165, 1.54) is 34.0 Å². The number of benzene rings is 1. The molecule has 3 heteroatoms. The Hall–Kier alpha value is -0.960. The standard InChI is InChI=1S/C15H22O2S/c1-10-6-12(15(3,4)5)7-11(2)13(10)8-18-9-14(16)17/h6-7H,8-9H2,1-5H3,(H,16,17). The van der Waals surface area contributed by atoms with Crippen molar-refractivity contribution in [3.63, 3.8) is 0 Å².